The third-order valence-electron chi connectivity index (χ3n) is 5.78. The highest BCUT2D eigenvalue weighted by Gasteiger charge is 2.15. The summed E-state index contributed by atoms with van der Waals surface area (Å²) in [5.74, 6) is 0.707. The molecular weight excluding hydrogens is 463 g/mol. The van der Waals surface area contributed by atoms with Crippen LogP contribution in [0.2, 0.25) is 0 Å². The van der Waals surface area contributed by atoms with Gasteiger partial charge in [0.1, 0.15) is 18.4 Å². The Labute approximate surface area is 205 Å². The number of rotatable bonds is 6. The van der Waals surface area contributed by atoms with E-state index in [-0.39, 0.29) is 5.82 Å². The zero-order chi connectivity index (χ0) is 24.3. The number of hydrogen-bond donors (Lipinski definition) is 1. The lowest BCUT2D eigenvalue weighted by Crippen LogP contribution is -2.37. The van der Waals surface area contributed by atoms with Gasteiger partial charge in [-0.25, -0.2) is 19.0 Å². The van der Waals surface area contributed by atoms with E-state index in [2.05, 4.69) is 35.4 Å². The fraction of sp³-hybridized carbons (Fsp3) is 0.160. The Hall–Kier alpha value is -4.64. The van der Waals surface area contributed by atoms with E-state index in [4.69, 9.17) is 9.26 Å². The highest BCUT2D eigenvalue weighted by atomic mass is 19.1. The summed E-state index contributed by atoms with van der Waals surface area (Å²) >= 11 is 0. The van der Waals surface area contributed by atoms with Gasteiger partial charge < -0.3 is 19.5 Å². The van der Waals surface area contributed by atoms with E-state index >= 15 is 0 Å². The van der Waals surface area contributed by atoms with Gasteiger partial charge in [0.2, 0.25) is 11.9 Å². The van der Waals surface area contributed by atoms with Crippen molar-refractivity contribution >= 4 is 17.6 Å². The Kier molecular flexibility index (Phi) is 5.80. The predicted octanol–water partition coefficient (Wildman–Crippen LogP) is 4.10. The molecule has 6 rings (SSSR count). The van der Waals surface area contributed by atoms with E-state index in [1.807, 2.05) is 30.3 Å². The van der Waals surface area contributed by atoms with Crippen LogP contribution in [0.25, 0.3) is 28.1 Å². The summed E-state index contributed by atoms with van der Waals surface area (Å²) in [6.45, 7) is 2.92. The van der Waals surface area contributed by atoms with E-state index in [0.29, 0.717) is 47.5 Å². The molecule has 36 heavy (non-hydrogen) atoms. The largest absolute Gasteiger partial charge is 0.378 e. The van der Waals surface area contributed by atoms with Crippen molar-refractivity contribution in [2.75, 3.05) is 36.5 Å². The number of halogens is 1. The quantitative estimate of drug-likeness (QED) is 0.381. The van der Waals surface area contributed by atoms with Crippen LogP contribution in [-0.4, -0.2) is 56.2 Å². The molecule has 1 aliphatic rings. The number of nitrogens with zero attached hydrogens (tertiary/aromatic N) is 7. The number of aromatic nitrogens is 6. The standard InChI is InChI=1S/C25H21FN8O2/c26-20-12-17(19-14-29-36-15-19)11-18(13-20)23-5-6-27-24(31-23)30-21-1-3-22(4-2-21)34-16-28-25(32-34)33-7-9-35-10-8-33/h1-6,11-16H,7-10H2,(H,27,30,31). The average Bonchev–Trinajstić information content (AvgIpc) is 3.63. The second-order valence-electron chi connectivity index (χ2n) is 8.17. The van der Waals surface area contributed by atoms with Gasteiger partial charge in [0.15, 0.2) is 0 Å². The van der Waals surface area contributed by atoms with Crippen LogP contribution in [0.3, 0.4) is 0 Å². The molecule has 180 valence electrons. The van der Waals surface area contributed by atoms with Crippen LogP contribution in [0.4, 0.5) is 22.0 Å². The minimum atomic E-state index is -0.378. The minimum Gasteiger partial charge on any atom is -0.378 e. The first-order chi connectivity index (χ1) is 17.7. The summed E-state index contributed by atoms with van der Waals surface area (Å²) in [6.07, 6.45) is 6.34. The number of morpholine rings is 1. The highest BCUT2D eigenvalue weighted by molar-refractivity contribution is 5.71. The maximum absolute atomic E-state index is 14.3. The van der Waals surface area contributed by atoms with Gasteiger partial charge in [0.05, 0.1) is 30.8 Å². The topological polar surface area (TPSA) is 107 Å². The first-order valence-electron chi connectivity index (χ1n) is 11.4. The zero-order valence-corrected chi connectivity index (χ0v) is 19.1. The molecule has 1 saturated heterocycles. The molecule has 1 fully saturated rings. The van der Waals surface area contributed by atoms with Crippen LogP contribution >= 0.6 is 0 Å². The Balaban J connectivity index is 1.19. The highest BCUT2D eigenvalue weighted by Crippen LogP contribution is 2.27. The van der Waals surface area contributed by atoms with Crippen LogP contribution in [-0.2, 0) is 4.74 Å². The van der Waals surface area contributed by atoms with E-state index in [1.165, 1.54) is 24.6 Å². The molecule has 0 amide bonds. The van der Waals surface area contributed by atoms with Gasteiger partial charge >= 0.3 is 0 Å². The Morgan fingerprint density at radius 2 is 1.75 bits per heavy atom. The summed E-state index contributed by atoms with van der Waals surface area (Å²) in [5, 5.41) is 11.5. The minimum absolute atomic E-state index is 0.378. The Morgan fingerprint density at radius 1 is 0.917 bits per heavy atom. The van der Waals surface area contributed by atoms with Gasteiger partial charge in [-0.2, -0.15) is 4.98 Å². The van der Waals surface area contributed by atoms with Gasteiger partial charge in [0.25, 0.3) is 0 Å². The maximum Gasteiger partial charge on any atom is 0.245 e. The van der Waals surface area contributed by atoms with Crippen LogP contribution in [0.15, 0.2) is 78.0 Å². The summed E-state index contributed by atoms with van der Waals surface area (Å²) in [4.78, 5) is 15.4. The normalized spacial score (nSPS) is 13.6. The van der Waals surface area contributed by atoms with Crippen molar-refractivity contribution in [3.05, 3.63) is 79.3 Å². The molecular formula is C25H21FN8O2. The molecule has 0 saturated carbocycles. The van der Waals surface area contributed by atoms with Crippen molar-refractivity contribution in [1.82, 2.24) is 29.9 Å². The Morgan fingerprint density at radius 3 is 2.56 bits per heavy atom. The van der Waals surface area contributed by atoms with E-state index < -0.39 is 0 Å². The molecule has 0 radical (unpaired) electrons. The zero-order valence-electron chi connectivity index (χ0n) is 19.1. The molecule has 1 aliphatic heterocycles. The molecule has 1 N–H and O–H groups in total. The predicted molar refractivity (Wildman–Crippen MR) is 131 cm³/mol. The van der Waals surface area contributed by atoms with Gasteiger partial charge in [-0.1, -0.05) is 5.16 Å². The smallest absolute Gasteiger partial charge is 0.245 e. The number of ether oxygens (including phenoxy) is 1. The number of benzene rings is 2. The van der Waals surface area contributed by atoms with Crippen molar-refractivity contribution in [2.24, 2.45) is 0 Å². The lowest BCUT2D eigenvalue weighted by molar-refractivity contribution is 0.122. The summed E-state index contributed by atoms with van der Waals surface area (Å²) < 4.78 is 26.3. The third-order valence-corrected chi connectivity index (χ3v) is 5.78. The molecule has 11 heteroatoms. The molecule has 0 atom stereocenters. The third kappa shape index (κ3) is 4.64. The van der Waals surface area contributed by atoms with Gasteiger partial charge in [0, 0.05) is 36.1 Å². The molecule has 0 bridgehead atoms. The SMILES string of the molecule is Fc1cc(-c2cnoc2)cc(-c2ccnc(Nc3ccc(-n4cnc(N5CCOCC5)n4)cc3)n2)c1. The molecule has 10 nitrogen and oxygen atoms in total. The number of nitrogens with one attached hydrogen (secondary N) is 1. The lowest BCUT2D eigenvalue weighted by atomic mass is 10.0. The van der Waals surface area contributed by atoms with E-state index in [9.17, 15) is 4.39 Å². The van der Waals surface area contributed by atoms with Crippen LogP contribution in [0.5, 0.6) is 0 Å². The second-order valence-corrected chi connectivity index (χ2v) is 8.17. The van der Waals surface area contributed by atoms with Crippen molar-refractivity contribution in [2.45, 2.75) is 0 Å². The average molecular weight is 484 g/mol. The van der Waals surface area contributed by atoms with Crippen LogP contribution in [0.1, 0.15) is 0 Å². The Bertz CT molecular complexity index is 1460. The molecule has 4 heterocycles. The van der Waals surface area contributed by atoms with E-state index in [1.54, 1.807) is 23.3 Å². The molecule has 0 spiro atoms. The molecule has 3 aromatic heterocycles. The number of hydrogen-bond acceptors (Lipinski definition) is 9. The molecule has 0 aliphatic carbocycles. The summed E-state index contributed by atoms with van der Waals surface area (Å²) in [6, 6.07) is 14.1. The van der Waals surface area contributed by atoms with Gasteiger partial charge in [-0.3, -0.25) is 0 Å². The van der Waals surface area contributed by atoms with Crippen molar-refractivity contribution in [3.63, 3.8) is 0 Å². The van der Waals surface area contributed by atoms with Crippen LogP contribution in [0, 0.1) is 5.82 Å². The molecule has 2 aromatic carbocycles. The van der Waals surface area contributed by atoms with E-state index in [0.717, 1.165) is 24.5 Å². The fourth-order valence-corrected chi connectivity index (χ4v) is 3.94. The van der Waals surface area contributed by atoms with Crippen molar-refractivity contribution in [3.8, 4) is 28.1 Å². The number of anilines is 3. The monoisotopic (exact) mass is 484 g/mol. The summed E-state index contributed by atoms with van der Waals surface area (Å²) in [5.41, 5.74) is 4.22. The summed E-state index contributed by atoms with van der Waals surface area (Å²) in [7, 11) is 0. The lowest BCUT2D eigenvalue weighted by Gasteiger charge is -2.25. The molecule has 5 aromatic rings. The first kappa shape index (κ1) is 21.9. The maximum atomic E-state index is 14.3. The van der Waals surface area contributed by atoms with Crippen molar-refractivity contribution in [1.29, 1.82) is 0 Å². The van der Waals surface area contributed by atoms with Gasteiger partial charge in [-0.05, 0) is 54.1 Å². The fourth-order valence-electron chi connectivity index (χ4n) is 3.94. The van der Waals surface area contributed by atoms with Crippen LogP contribution < -0.4 is 10.2 Å². The second kappa shape index (κ2) is 9.55. The first-order valence-corrected chi connectivity index (χ1v) is 11.4. The van der Waals surface area contributed by atoms with Gasteiger partial charge in [-0.15, -0.1) is 5.10 Å². The van der Waals surface area contributed by atoms with Crippen molar-refractivity contribution < 1.29 is 13.7 Å². The molecule has 0 unspecified atom stereocenters.